The van der Waals surface area contributed by atoms with Crippen molar-refractivity contribution in [3.05, 3.63) is 24.3 Å². The molecule has 0 saturated carbocycles. The van der Waals surface area contributed by atoms with Gasteiger partial charge in [0.25, 0.3) is 5.91 Å². The Balaban J connectivity index is 3.04. The minimum Gasteiger partial charge on any atom is -0.384 e. The molecule has 1 aromatic rings. The first kappa shape index (κ1) is 14.6. The van der Waals surface area contributed by atoms with Crippen molar-refractivity contribution in [2.75, 3.05) is 19.4 Å². The minimum absolute atomic E-state index is 0.0795. The molecule has 0 saturated heterocycles. The Kier molecular flexibility index (Phi) is 4.44. The third kappa shape index (κ3) is 3.28. The highest BCUT2D eigenvalue weighted by molar-refractivity contribution is 7.89. The summed E-state index contributed by atoms with van der Waals surface area (Å²) in [5, 5.41) is 11.5. The summed E-state index contributed by atoms with van der Waals surface area (Å²) in [6.07, 6.45) is -1.15. The Morgan fingerprint density at radius 2 is 2.00 bits per heavy atom. The Morgan fingerprint density at radius 1 is 1.39 bits per heavy atom. The number of sulfonamides is 1. The van der Waals surface area contributed by atoms with Crippen molar-refractivity contribution in [3.8, 4) is 0 Å². The molecule has 2 N–H and O–H groups in total. The normalized spacial score (nSPS) is 13.4. The third-order valence-corrected chi connectivity index (χ3v) is 4.07. The number of hydrogen-bond donors (Lipinski definition) is 2. The van der Waals surface area contributed by atoms with Gasteiger partial charge in [0.05, 0.1) is 4.90 Å². The largest absolute Gasteiger partial charge is 0.384 e. The summed E-state index contributed by atoms with van der Waals surface area (Å²) < 4.78 is 24.8. The molecule has 1 unspecified atom stereocenters. The van der Waals surface area contributed by atoms with Gasteiger partial charge in [-0.05, 0) is 25.1 Å². The second-order valence-corrected chi connectivity index (χ2v) is 6.13. The van der Waals surface area contributed by atoms with Crippen LogP contribution in [0.4, 0.5) is 5.69 Å². The van der Waals surface area contributed by atoms with Crippen LogP contribution in [0.2, 0.25) is 0 Å². The Labute approximate surface area is 106 Å². The van der Waals surface area contributed by atoms with E-state index in [2.05, 4.69) is 5.32 Å². The summed E-state index contributed by atoms with van der Waals surface area (Å²) in [7, 11) is -0.682. The highest BCUT2D eigenvalue weighted by atomic mass is 32.2. The monoisotopic (exact) mass is 272 g/mol. The van der Waals surface area contributed by atoms with Crippen LogP contribution in [-0.2, 0) is 14.8 Å². The lowest BCUT2D eigenvalue weighted by molar-refractivity contribution is -0.123. The van der Waals surface area contributed by atoms with Crippen LogP contribution >= 0.6 is 0 Å². The van der Waals surface area contributed by atoms with Gasteiger partial charge in [-0.15, -0.1) is 0 Å². The van der Waals surface area contributed by atoms with Crippen LogP contribution in [0.25, 0.3) is 0 Å². The maximum Gasteiger partial charge on any atom is 0.252 e. The number of amides is 1. The molecule has 0 aliphatic rings. The molecule has 18 heavy (non-hydrogen) atoms. The van der Waals surface area contributed by atoms with Crippen LogP contribution in [0.15, 0.2) is 29.2 Å². The van der Waals surface area contributed by atoms with E-state index in [4.69, 9.17) is 5.11 Å². The SMILES string of the molecule is CC(O)C(=O)Nc1cccc(S(=O)(=O)N(C)C)c1. The highest BCUT2D eigenvalue weighted by Gasteiger charge is 2.18. The first-order valence-corrected chi connectivity index (χ1v) is 6.70. The van der Waals surface area contributed by atoms with Crippen molar-refractivity contribution in [1.29, 1.82) is 0 Å². The molecule has 0 spiro atoms. The first-order valence-electron chi connectivity index (χ1n) is 5.26. The minimum atomic E-state index is -3.54. The van der Waals surface area contributed by atoms with E-state index in [9.17, 15) is 13.2 Å². The zero-order valence-electron chi connectivity index (χ0n) is 10.4. The molecule has 0 radical (unpaired) electrons. The van der Waals surface area contributed by atoms with E-state index in [1.165, 1.54) is 39.2 Å². The van der Waals surface area contributed by atoms with Crippen molar-refractivity contribution < 1.29 is 18.3 Å². The van der Waals surface area contributed by atoms with E-state index < -0.39 is 22.0 Å². The number of nitrogens with zero attached hydrogens (tertiary/aromatic N) is 1. The van der Waals surface area contributed by atoms with Crippen molar-refractivity contribution in [2.45, 2.75) is 17.9 Å². The standard InChI is InChI=1S/C11H16N2O4S/c1-8(14)11(15)12-9-5-4-6-10(7-9)18(16,17)13(2)3/h4-8,14H,1-3H3,(H,12,15). The number of nitrogens with one attached hydrogen (secondary N) is 1. The van der Waals surface area contributed by atoms with Gasteiger partial charge in [-0.25, -0.2) is 12.7 Å². The number of hydrogen-bond acceptors (Lipinski definition) is 4. The van der Waals surface area contributed by atoms with Crippen LogP contribution in [0.1, 0.15) is 6.92 Å². The molecular formula is C11H16N2O4S. The molecule has 0 aliphatic carbocycles. The topological polar surface area (TPSA) is 86.7 Å². The molecule has 100 valence electrons. The average molecular weight is 272 g/mol. The van der Waals surface area contributed by atoms with Gasteiger partial charge in [-0.1, -0.05) is 6.07 Å². The molecule has 1 aromatic carbocycles. The summed E-state index contributed by atoms with van der Waals surface area (Å²) in [6.45, 7) is 1.33. The summed E-state index contributed by atoms with van der Waals surface area (Å²) in [6, 6.07) is 5.85. The molecule has 0 fully saturated rings. The van der Waals surface area contributed by atoms with Gasteiger partial charge in [0.2, 0.25) is 10.0 Å². The molecular weight excluding hydrogens is 256 g/mol. The lowest BCUT2D eigenvalue weighted by Crippen LogP contribution is -2.25. The summed E-state index contributed by atoms with van der Waals surface area (Å²) in [4.78, 5) is 11.4. The van der Waals surface area contributed by atoms with E-state index in [1.54, 1.807) is 6.07 Å². The first-order chi connectivity index (χ1) is 8.25. The summed E-state index contributed by atoms with van der Waals surface area (Å²) >= 11 is 0. The maximum atomic E-state index is 11.9. The Morgan fingerprint density at radius 3 is 2.50 bits per heavy atom. The molecule has 0 aromatic heterocycles. The molecule has 1 rings (SSSR count). The molecule has 1 atom stereocenters. The van der Waals surface area contributed by atoms with Crippen LogP contribution in [-0.4, -0.2) is 43.9 Å². The van der Waals surface area contributed by atoms with Gasteiger partial charge in [-0.2, -0.15) is 0 Å². The average Bonchev–Trinajstić information content (AvgIpc) is 2.28. The van der Waals surface area contributed by atoms with Gasteiger partial charge < -0.3 is 10.4 Å². The maximum absolute atomic E-state index is 11.9. The molecule has 0 bridgehead atoms. The molecule has 7 heteroatoms. The lowest BCUT2D eigenvalue weighted by Gasteiger charge is -2.13. The number of rotatable bonds is 4. The number of aliphatic hydroxyl groups is 1. The van der Waals surface area contributed by atoms with Crippen molar-refractivity contribution in [2.24, 2.45) is 0 Å². The van der Waals surface area contributed by atoms with Gasteiger partial charge in [-0.3, -0.25) is 4.79 Å². The quantitative estimate of drug-likeness (QED) is 0.823. The van der Waals surface area contributed by atoms with Gasteiger partial charge in [0.15, 0.2) is 0 Å². The zero-order valence-corrected chi connectivity index (χ0v) is 11.2. The summed E-state index contributed by atoms with van der Waals surface area (Å²) in [5.41, 5.74) is 0.323. The van der Waals surface area contributed by atoms with Crippen LogP contribution in [0.3, 0.4) is 0 Å². The van der Waals surface area contributed by atoms with Crippen molar-refractivity contribution in [3.63, 3.8) is 0 Å². The Hall–Kier alpha value is -1.44. The Bertz CT molecular complexity index is 538. The number of carbonyl (C=O) groups excluding carboxylic acids is 1. The summed E-state index contributed by atoms with van der Waals surface area (Å²) in [5.74, 6) is -0.589. The van der Waals surface area contributed by atoms with Gasteiger partial charge in [0, 0.05) is 19.8 Å². The number of anilines is 1. The fourth-order valence-corrected chi connectivity index (χ4v) is 2.14. The predicted molar refractivity (Wildman–Crippen MR) is 67.6 cm³/mol. The van der Waals surface area contributed by atoms with E-state index in [0.717, 1.165) is 4.31 Å². The van der Waals surface area contributed by atoms with E-state index in [-0.39, 0.29) is 4.90 Å². The van der Waals surface area contributed by atoms with Crippen molar-refractivity contribution >= 4 is 21.6 Å². The molecule has 1 amide bonds. The lowest BCUT2D eigenvalue weighted by atomic mass is 10.3. The third-order valence-electron chi connectivity index (χ3n) is 2.26. The number of benzene rings is 1. The second-order valence-electron chi connectivity index (χ2n) is 3.98. The number of carbonyl (C=O) groups is 1. The van der Waals surface area contributed by atoms with E-state index >= 15 is 0 Å². The van der Waals surface area contributed by atoms with E-state index in [0.29, 0.717) is 5.69 Å². The van der Waals surface area contributed by atoms with Crippen molar-refractivity contribution in [1.82, 2.24) is 4.31 Å². The smallest absolute Gasteiger partial charge is 0.252 e. The van der Waals surface area contributed by atoms with Gasteiger partial charge >= 0.3 is 0 Å². The molecule has 0 heterocycles. The fraction of sp³-hybridized carbons (Fsp3) is 0.364. The van der Waals surface area contributed by atoms with Crippen LogP contribution in [0.5, 0.6) is 0 Å². The molecule has 0 aliphatic heterocycles. The highest BCUT2D eigenvalue weighted by Crippen LogP contribution is 2.18. The molecule has 6 nitrogen and oxygen atoms in total. The van der Waals surface area contributed by atoms with Crippen LogP contribution in [0, 0.1) is 0 Å². The van der Waals surface area contributed by atoms with Gasteiger partial charge in [0.1, 0.15) is 6.10 Å². The zero-order chi connectivity index (χ0) is 13.9. The number of aliphatic hydroxyl groups excluding tert-OH is 1. The van der Waals surface area contributed by atoms with Crippen LogP contribution < -0.4 is 5.32 Å². The fourth-order valence-electron chi connectivity index (χ4n) is 1.19. The second kappa shape index (κ2) is 5.47. The van der Waals surface area contributed by atoms with E-state index in [1.807, 2.05) is 0 Å². The predicted octanol–water partition coefficient (Wildman–Crippen LogP) is 0.256.